The van der Waals surface area contributed by atoms with Crippen molar-refractivity contribution >= 4 is 0 Å². The molecule has 30 heavy (non-hydrogen) atoms. The van der Waals surface area contributed by atoms with Gasteiger partial charge in [-0.2, -0.15) is 0 Å². The first-order valence-corrected chi connectivity index (χ1v) is 12.8. The normalized spacial score (nSPS) is 47.8. The van der Waals surface area contributed by atoms with Crippen LogP contribution in [0.1, 0.15) is 92.4 Å². The van der Waals surface area contributed by atoms with Gasteiger partial charge in [-0.05, 0) is 110 Å². The highest BCUT2D eigenvalue weighted by Gasteiger charge is 2.60. The first kappa shape index (κ1) is 22.8. The molecule has 0 heterocycles. The quantitative estimate of drug-likeness (QED) is 0.529. The van der Waals surface area contributed by atoms with Crippen molar-refractivity contribution in [1.82, 2.24) is 0 Å². The predicted octanol–water partition coefficient (Wildman–Crippen LogP) is 5.33. The highest BCUT2D eigenvalue weighted by molar-refractivity contribution is 5.29. The van der Waals surface area contributed by atoms with Gasteiger partial charge in [-0.25, -0.2) is 0 Å². The summed E-state index contributed by atoms with van der Waals surface area (Å²) in [6.07, 6.45) is 10.8. The Kier molecular flexibility index (Phi) is 6.23. The Bertz CT molecular complexity index is 656. The monoisotopic (exact) mass is 418 g/mol. The lowest BCUT2D eigenvalue weighted by Crippen LogP contribution is -2.54. The maximum Gasteiger partial charge on any atom is 0.101 e. The molecule has 4 aliphatic carbocycles. The molecule has 3 nitrogen and oxygen atoms in total. The fourth-order valence-electron chi connectivity index (χ4n) is 8.66. The van der Waals surface area contributed by atoms with Gasteiger partial charge < -0.3 is 15.3 Å². The topological polar surface area (TPSA) is 60.7 Å². The molecule has 10 atom stereocenters. The summed E-state index contributed by atoms with van der Waals surface area (Å²) in [7, 11) is 0. The Morgan fingerprint density at radius 2 is 1.70 bits per heavy atom. The molecule has 0 aromatic carbocycles. The third-order valence-corrected chi connectivity index (χ3v) is 10.5. The molecule has 0 aliphatic heterocycles. The van der Waals surface area contributed by atoms with Crippen LogP contribution in [0.5, 0.6) is 0 Å². The van der Waals surface area contributed by atoms with E-state index in [0.717, 1.165) is 43.6 Å². The Balaban J connectivity index is 1.53. The summed E-state index contributed by atoms with van der Waals surface area (Å²) in [4.78, 5) is 0. The van der Waals surface area contributed by atoms with E-state index in [1.54, 1.807) is 0 Å². The average Bonchev–Trinajstić information content (AvgIpc) is 3.06. The summed E-state index contributed by atoms with van der Waals surface area (Å²) >= 11 is 0. The number of rotatable bonds is 5. The molecule has 0 unspecified atom stereocenters. The van der Waals surface area contributed by atoms with E-state index in [1.807, 2.05) is 0 Å². The summed E-state index contributed by atoms with van der Waals surface area (Å²) in [6, 6.07) is 0. The summed E-state index contributed by atoms with van der Waals surface area (Å²) < 4.78 is 0. The lowest BCUT2D eigenvalue weighted by Gasteiger charge is -2.59. The van der Waals surface area contributed by atoms with Gasteiger partial charge in [0.15, 0.2) is 0 Å². The third-order valence-electron chi connectivity index (χ3n) is 10.5. The third kappa shape index (κ3) is 3.52. The van der Waals surface area contributed by atoms with Gasteiger partial charge in [0.05, 0.1) is 12.2 Å². The molecule has 4 rings (SSSR count). The largest absolute Gasteiger partial charge is 0.393 e. The van der Waals surface area contributed by atoms with E-state index in [2.05, 4.69) is 40.7 Å². The minimum absolute atomic E-state index is 0.0589. The minimum atomic E-state index is -0.662. The van der Waals surface area contributed by atoms with Crippen molar-refractivity contribution in [3.63, 3.8) is 0 Å². The van der Waals surface area contributed by atoms with Gasteiger partial charge in [0.1, 0.15) is 6.10 Å². The molecule has 0 radical (unpaired) electrons. The van der Waals surface area contributed by atoms with E-state index in [-0.39, 0.29) is 11.5 Å². The maximum atomic E-state index is 11.0. The lowest BCUT2D eigenvalue weighted by atomic mass is 9.46. The number of fused-ring (bicyclic) bond motifs is 5. The molecule has 0 saturated heterocycles. The highest BCUT2D eigenvalue weighted by Crippen LogP contribution is 2.67. The second-order valence-electron chi connectivity index (χ2n) is 12.4. The van der Waals surface area contributed by atoms with Gasteiger partial charge >= 0.3 is 0 Å². The van der Waals surface area contributed by atoms with Crippen LogP contribution < -0.4 is 0 Å². The van der Waals surface area contributed by atoms with Crippen molar-refractivity contribution in [3.8, 4) is 0 Å². The van der Waals surface area contributed by atoms with E-state index < -0.39 is 12.2 Å². The zero-order valence-corrected chi connectivity index (χ0v) is 20.0. The molecule has 172 valence electrons. The SMILES string of the molecule is CC(C)CC[C@@H](O)[C@@H](C)[C@H]1CC[C@H]2[C@@H]3CC=C4[C@@H](O)[C@@H](O)CC[C@]4(C)[C@H]3CC[C@]12C. The zero-order chi connectivity index (χ0) is 21.8. The van der Waals surface area contributed by atoms with Crippen LogP contribution in [0.2, 0.25) is 0 Å². The number of hydrogen-bond acceptors (Lipinski definition) is 3. The van der Waals surface area contributed by atoms with Gasteiger partial charge in [-0.15, -0.1) is 0 Å². The minimum Gasteiger partial charge on any atom is -0.393 e. The molecular formula is C27H46O3. The average molecular weight is 419 g/mol. The summed E-state index contributed by atoms with van der Waals surface area (Å²) in [5, 5.41) is 31.9. The molecule has 3 N–H and O–H groups in total. The van der Waals surface area contributed by atoms with Crippen molar-refractivity contribution in [2.24, 2.45) is 46.3 Å². The van der Waals surface area contributed by atoms with E-state index in [9.17, 15) is 15.3 Å². The van der Waals surface area contributed by atoms with Crippen LogP contribution in [0, 0.1) is 46.3 Å². The molecule has 0 aromatic rings. The number of hydrogen-bond donors (Lipinski definition) is 3. The van der Waals surface area contributed by atoms with E-state index >= 15 is 0 Å². The van der Waals surface area contributed by atoms with Crippen LogP contribution in [0.25, 0.3) is 0 Å². The van der Waals surface area contributed by atoms with Crippen LogP contribution in [0.3, 0.4) is 0 Å². The Hall–Kier alpha value is -0.380. The standard InChI is InChI=1S/C27H46O3/c1-16(2)6-11-23(28)17(3)19-9-10-20-18-7-8-22-25(30)24(29)13-15-27(22,5)21(18)12-14-26(19,20)4/h8,16-21,23-25,28-30H,6-7,9-15H2,1-5H3/t17-,18-,19+,20-,21-,23+,24-,25+,26+,27+/m0/s1. The van der Waals surface area contributed by atoms with Gasteiger partial charge in [-0.1, -0.05) is 40.7 Å². The van der Waals surface area contributed by atoms with Crippen LogP contribution in [0.4, 0.5) is 0 Å². The molecule has 0 amide bonds. The number of allylic oxidation sites excluding steroid dienone is 1. The lowest BCUT2D eigenvalue weighted by molar-refractivity contribution is -0.0858. The molecular weight excluding hydrogens is 372 g/mol. The van der Waals surface area contributed by atoms with E-state index in [1.165, 1.54) is 25.7 Å². The van der Waals surface area contributed by atoms with Gasteiger partial charge in [0, 0.05) is 0 Å². The van der Waals surface area contributed by atoms with E-state index in [4.69, 9.17) is 0 Å². The van der Waals surface area contributed by atoms with Gasteiger partial charge in [0.25, 0.3) is 0 Å². The molecule has 0 aromatic heterocycles. The molecule has 3 heteroatoms. The van der Waals surface area contributed by atoms with E-state index in [0.29, 0.717) is 35.0 Å². The predicted molar refractivity (Wildman–Crippen MR) is 122 cm³/mol. The second-order valence-corrected chi connectivity index (χ2v) is 12.4. The van der Waals surface area contributed by atoms with Crippen molar-refractivity contribution in [2.45, 2.75) is 111 Å². The van der Waals surface area contributed by atoms with Crippen LogP contribution >= 0.6 is 0 Å². The molecule has 3 fully saturated rings. The van der Waals surface area contributed by atoms with Crippen molar-refractivity contribution < 1.29 is 15.3 Å². The van der Waals surface area contributed by atoms with Gasteiger partial charge in [0.2, 0.25) is 0 Å². The van der Waals surface area contributed by atoms with Crippen molar-refractivity contribution in [1.29, 1.82) is 0 Å². The summed E-state index contributed by atoms with van der Waals surface area (Å²) in [5.41, 5.74) is 1.54. The molecule has 0 bridgehead atoms. The maximum absolute atomic E-state index is 11.0. The zero-order valence-electron chi connectivity index (χ0n) is 20.0. The van der Waals surface area contributed by atoms with Crippen LogP contribution in [0.15, 0.2) is 11.6 Å². The summed E-state index contributed by atoms with van der Waals surface area (Å²) in [6.45, 7) is 11.7. The van der Waals surface area contributed by atoms with Crippen molar-refractivity contribution in [3.05, 3.63) is 11.6 Å². The smallest absolute Gasteiger partial charge is 0.101 e. The molecule has 0 spiro atoms. The second kappa shape index (κ2) is 8.19. The molecule has 4 aliphatic rings. The Morgan fingerprint density at radius 1 is 0.967 bits per heavy atom. The fraction of sp³-hybridized carbons (Fsp3) is 0.926. The van der Waals surface area contributed by atoms with Crippen LogP contribution in [-0.4, -0.2) is 33.6 Å². The van der Waals surface area contributed by atoms with Gasteiger partial charge in [-0.3, -0.25) is 0 Å². The van der Waals surface area contributed by atoms with Crippen LogP contribution in [-0.2, 0) is 0 Å². The first-order valence-electron chi connectivity index (χ1n) is 12.8. The number of aliphatic hydroxyl groups is 3. The Morgan fingerprint density at radius 3 is 2.40 bits per heavy atom. The summed E-state index contributed by atoms with van der Waals surface area (Å²) in [5.74, 6) is 3.74. The first-order chi connectivity index (χ1) is 14.1. The fourth-order valence-corrected chi connectivity index (χ4v) is 8.66. The Labute approximate surface area is 184 Å². The highest BCUT2D eigenvalue weighted by atomic mass is 16.3. The van der Waals surface area contributed by atoms with Crippen molar-refractivity contribution in [2.75, 3.05) is 0 Å². The number of aliphatic hydroxyl groups excluding tert-OH is 3. The molecule has 3 saturated carbocycles.